The number of halogens is 6. The summed E-state index contributed by atoms with van der Waals surface area (Å²) >= 11 is 0. The van der Waals surface area contributed by atoms with Gasteiger partial charge in [0.2, 0.25) is 0 Å². The fourth-order valence-corrected chi connectivity index (χ4v) is 6.91. The average molecular weight is 639 g/mol. The third-order valence-electron chi connectivity index (χ3n) is 9.29. The fraction of sp³-hybridized carbons (Fsp3) is 0.559. The van der Waals surface area contributed by atoms with E-state index in [-0.39, 0.29) is 29.1 Å². The van der Waals surface area contributed by atoms with Gasteiger partial charge < -0.3 is 14.4 Å². The Kier molecular flexibility index (Phi) is 8.18. The van der Waals surface area contributed by atoms with Crippen LogP contribution in [0.4, 0.5) is 36.8 Å². The molecule has 0 unspecified atom stereocenters. The lowest BCUT2D eigenvalue weighted by molar-refractivity contribution is -0.143. The molecule has 0 spiro atoms. The van der Waals surface area contributed by atoms with Gasteiger partial charge in [-0.05, 0) is 111 Å². The van der Waals surface area contributed by atoms with E-state index in [4.69, 9.17) is 9.47 Å². The number of anilines is 1. The van der Waals surface area contributed by atoms with Crippen LogP contribution in [-0.4, -0.2) is 42.8 Å². The Morgan fingerprint density at radius 3 is 2.13 bits per heavy atom. The van der Waals surface area contributed by atoms with Crippen LogP contribution in [0.1, 0.15) is 94.7 Å². The number of carbonyl (C=O) groups excluding carboxylic acids is 1. The minimum atomic E-state index is -5.01. The second-order valence-corrected chi connectivity index (χ2v) is 14.2. The normalized spacial score (nSPS) is 22.2. The van der Waals surface area contributed by atoms with Crippen molar-refractivity contribution in [3.05, 3.63) is 63.7 Å². The number of methoxy groups -OCH3 is 1. The molecule has 0 radical (unpaired) electrons. The van der Waals surface area contributed by atoms with Gasteiger partial charge in [-0.2, -0.15) is 26.3 Å². The number of fused-ring (bicyclic) bond motifs is 1. The molecule has 1 fully saturated rings. The van der Waals surface area contributed by atoms with Gasteiger partial charge in [0.25, 0.3) is 0 Å². The summed E-state index contributed by atoms with van der Waals surface area (Å²) in [5.41, 5.74) is 1.85. The standard InChI is InChI=1S/C34H40F6N2O3/c1-19-29(21-12-23(33(35,36)37)15-24(13-21)34(38,39)40)45-30(43)41(19)18-22-17-32(5,6)10-8-25(22)26-16-27-20(14-28(26)44-7)9-11-42(27)31(2,3)4/h12-16,19,29H,8-11,17-18H2,1-7H3/t19-,29-/m0/s1. The van der Waals surface area contributed by atoms with E-state index in [2.05, 4.69) is 51.7 Å². The summed E-state index contributed by atoms with van der Waals surface area (Å²) in [4.78, 5) is 17.0. The number of ether oxygens (including phenoxy) is 2. The number of cyclic esters (lactones) is 1. The van der Waals surface area contributed by atoms with Crippen molar-refractivity contribution in [2.45, 2.75) is 97.3 Å². The van der Waals surface area contributed by atoms with Crippen molar-refractivity contribution < 1.29 is 40.6 Å². The number of nitrogens with zero attached hydrogens (tertiary/aromatic N) is 2. The Bertz CT molecular complexity index is 1490. The Labute approximate surface area is 260 Å². The van der Waals surface area contributed by atoms with Crippen LogP contribution in [-0.2, 0) is 23.5 Å². The average Bonchev–Trinajstić information content (AvgIpc) is 3.47. The van der Waals surface area contributed by atoms with Crippen LogP contribution >= 0.6 is 0 Å². The molecule has 0 N–H and O–H groups in total. The number of alkyl halides is 6. The minimum Gasteiger partial charge on any atom is -0.496 e. The molecule has 1 aliphatic carbocycles. The highest BCUT2D eigenvalue weighted by Gasteiger charge is 2.44. The lowest BCUT2D eigenvalue weighted by Crippen LogP contribution is -2.40. The quantitative estimate of drug-likeness (QED) is 0.306. The van der Waals surface area contributed by atoms with Crippen molar-refractivity contribution in [2.24, 2.45) is 5.41 Å². The van der Waals surface area contributed by atoms with Crippen molar-refractivity contribution in [3.8, 4) is 5.75 Å². The maximum atomic E-state index is 13.6. The van der Waals surface area contributed by atoms with Crippen molar-refractivity contribution >= 4 is 17.4 Å². The highest BCUT2D eigenvalue weighted by Crippen LogP contribution is 2.48. The van der Waals surface area contributed by atoms with Crippen LogP contribution in [0.25, 0.3) is 5.57 Å². The number of benzene rings is 2. The van der Waals surface area contributed by atoms with Gasteiger partial charge in [-0.15, -0.1) is 0 Å². The Hall–Kier alpha value is -3.37. The molecule has 5 rings (SSSR count). The molecule has 2 heterocycles. The van der Waals surface area contributed by atoms with Crippen molar-refractivity contribution in [1.82, 2.24) is 4.90 Å². The first-order valence-electron chi connectivity index (χ1n) is 15.2. The number of hydrogen-bond donors (Lipinski definition) is 0. The molecule has 246 valence electrons. The number of hydrogen-bond acceptors (Lipinski definition) is 4. The molecule has 0 saturated carbocycles. The lowest BCUT2D eigenvalue weighted by Gasteiger charge is -2.37. The zero-order valence-electron chi connectivity index (χ0n) is 26.7. The zero-order valence-corrected chi connectivity index (χ0v) is 26.7. The van der Waals surface area contributed by atoms with Gasteiger partial charge in [0.15, 0.2) is 0 Å². The first-order valence-corrected chi connectivity index (χ1v) is 15.2. The molecule has 1 amide bonds. The predicted octanol–water partition coefficient (Wildman–Crippen LogP) is 9.44. The Morgan fingerprint density at radius 2 is 1.58 bits per heavy atom. The van der Waals surface area contributed by atoms with Crippen LogP contribution in [0, 0.1) is 5.41 Å². The number of carbonyl (C=O) groups is 1. The van der Waals surface area contributed by atoms with E-state index < -0.39 is 41.7 Å². The second kappa shape index (κ2) is 11.2. The summed E-state index contributed by atoms with van der Waals surface area (Å²) in [6, 6.07) is 4.77. The number of rotatable bonds is 5. The summed E-state index contributed by atoms with van der Waals surface area (Å²) in [6.07, 6.45) is -8.96. The molecule has 0 aromatic heterocycles. The highest BCUT2D eigenvalue weighted by molar-refractivity contribution is 5.80. The number of allylic oxidation sites excluding steroid dienone is 1. The van der Waals surface area contributed by atoms with Crippen LogP contribution in [0.15, 0.2) is 35.9 Å². The van der Waals surface area contributed by atoms with Gasteiger partial charge in [-0.25, -0.2) is 4.79 Å². The van der Waals surface area contributed by atoms with Gasteiger partial charge in [0.05, 0.1) is 24.3 Å². The fourth-order valence-electron chi connectivity index (χ4n) is 6.91. The van der Waals surface area contributed by atoms with E-state index in [9.17, 15) is 31.1 Å². The van der Waals surface area contributed by atoms with E-state index in [0.29, 0.717) is 18.6 Å². The summed E-state index contributed by atoms with van der Waals surface area (Å²) in [5, 5.41) is 0. The molecule has 3 aliphatic rings. The molecule has 2 aromatic carbocycles. The van der Waals surface area contributed by atoms with Crippen LogP contribution in [0.3, 0.4) is 0 Å². The lowest BCUT2D eigenvalue weighted by atomic mass is 9.72. The van der Waals surface area contributed by atoms with Gasteiger partial charge in [-0.1, -0.05) is 13.8 Å². The van der Waals surface area contributed by atoms with E-state index in [0.717, 1.165) is 54.0 Å². The van der Waals surface area contributed by atoms with E-state index in [1.54, 1.807) is 14.0 Å². The first-order chi connectivity index (χ1) is 20.7. The largest absolute Gasteiger partial charge is 0.496 e. The molecule has 1 saturated heterocycles. The van der Waals surface area contributed by atoms with Crippen molar-refractivity contribution in [1.29, 1.82) is 0 Å². The van der Waals surface area contributed by atoms with Crippen molar-refractivity contribution in [3.63, 3.8) is 0 Å². The summed E-state index contributed by atoms with van der Waals surface area (Å²) in [5.74, 6) is 0.732. The summed E-state index contributed by atoms with van der Waals surface area (Å²) in [6.45, 7) is 13.4. The van der Waals surface area contributed by atoms with Crippen LogP contribution in [0.5, 0.6) is 5.75 Å². The number of amides is 1. The SMILES string of the molecule is COc1cc2c(cc1C1=C(CN3C(=O)O[C@H](c4cc(C(F)(F)F)cc(C(F)(F)F)c4)[C@@H]3C)CC(C)(C)CC1)N(C(C)(C)C)CC2. The maximum absolute atomic E-state index is 13.6. The zero-order chi connectivity index (χ0) is 33.3. The third kappa shape index (κ3) is 6.49. The maximum Gasteiger partial charge on any atom is 0.416 e. The first kappa shape index (κ1) is 33.0. The van der Waals surface area contributed by atoms with Gasteiger partial charge >= 0.3 is 18.4 Å². The van der Waals surface area contributed by atoms with Crippen molar-refractivity contribution in [2.75, 3.05) is 25.1 Å². The second-order valence-electron chi connectivity index (χ2n) is 14.2. The van der Waals surface area contributed by atoms with Gasteiger partial charge in [0.1, 0.15) is 11.9 Å². The molecular weight excluding hydrogens is 598 g/mol. The molecule has 2 aromatic rings. The van der Waals surface area contributed by atoms with Crippen LogP contribution in [0.2, 0.25) is 0 Å². The molecule has 11 heteroatoms. The van der Waals surface area contributed by atoms with Gasteiger partial charge in [0, 0.05) is 29.9 Å². The molecule has 45 heavy (non-hydrogen) atoms. The van der Waals surface area contributed by atoms with E-state index >= 15 is 0 Å². The summed E-state index contributed by atoms with van der Waals surface area (Å²) < 4.78 is 92.9. The van der Waals surface area contributed by atoms with E-state index in [1.807, 2.05) is 0 Å². The minimum absolute atomic E-state index is 0.0781. The molecule has 5 nitrogen and oxygen atoms in total. The smallest absolute Gasteiger partial charge is 0.416 e. The molecule has 0 bridgehead atoms. The van der Waals surface area contributed by atoms with Gasteiger partial charge in [-0.3, -0.25) is 4.90 Å². The monoisotopic (exact) mass is 638 g/mol. The summed E-state index contributed by atoms with van der Waals surface area (Å²) in [7, 11) is 1.63. The Balaban J connectivity index is 1.54. The molecular formula is C34H40F6N2O3. The predicted molar refractivity (Wildman–Crippen MR) is 160 cm³/mol. The third-order valence-corrected chi connectivity index (χ3v) is 9.29. The highest BCUT2D eigenvalue weighted by atomic mass is 19.4. The van der Waals surface area contributed by atoms with Crippen LogP contribution < -0.4 is 9.64 Å². The molecule has 2 aliphatic heterocycles. The Morgan fingerprint density at radius 1 is 0.956 bits per heavy atom. The topological polar surface area (TPSA) is 42.0 Å². The van der Waals surface area contributed by atoms with E-state index in [1.165, 1.54) is 10.5 Å². The molecule has 2 atom stereocenters.